The molecule has 0 heterocycles. The molecule has 0 bridgehead atoms. The predicted octanol–water partition coefficient (Wildman–Crippen LogP) is 3.32. The van der Waals surface area contributed by atoms with Gasteiger partial charge in [-0.15, -0.1) is 0 Å². The van der Waals surface area contributed by atoms with Gasteiger partial charge in [-0.25, -0.2) is 0 Å². The topological polar surface area (TPSA) is 46.2 Å². The normalized spacial score (nSPS) is 14.6. The molecule has 0 aliphatic rings. The van der Waals surface area contributed by atoms with Crippen LogP contribution in [0.2, 0.25) is 5.02 Å². The van der Waals surface area contributed by atoms with E-state index >= 15 is 0 Å². The highest BCUT2D eigenvalue weighted by Gasteiger charge is 2.19. The van der Waals surface area contributed by atoms with Gasteiger partial charge in [0.05, 0.1) is 6.10 Å². The SMILES string of the molecule is CCCCCC(O)C(CN)c1cccc(Cl)c1. The third-order valence-electron chi connectivity index (χ3n) is 3.10. The van der Waals surface area contributed by atoms with Gasteiger partial charge in [0, 0.05) is 17.5 Å². The lowest BCUT2D eigenvalue weighted by atomic mass is 9.90. The van der Waals surface area contributed by atoms with E-state index in [4.69, 9.17) is 17.3 Å². The van der Waals surface area contributed by atoms with Crippen molar-refractivity contribution >= 4 is 11.6 Å². The zero-order chi connectivity index (χ0) is 12.7. The van der Waals surface area contributed by atoms with Crippen LogP contribution in [0.4, 0.5) is 0 Å². The Labute approximate surface area is 109 Å². The highest BCUT2D eigenvalue weighted by molar-refractivity contribution is 6.30. The molecule has 0 saturated carbocycles. The molecule has 2 unspecified atom stereocenters. The maximum Gasteiger partial charge on any atom is 0.0620 e. The predicted molar refractivity (Wildman–Crippen MR) is 73.4 cm³/mol. The molecule has 0 radical (unpaired) electrons. The molecule has 1 aromatic carbocycles. The van der Waals surface area contributed by atoms with Crippen molar-refractivity contribution in [3.8, 4) is 0 Å². The van der Waals surface area contributed by atoms with E-state index in [1.165, 1.54) is 0 Å². The first-order valence-electron chi connectivity index (χ1n) is 6.32. The van der Waals surface area contributed by atoms with Gasteiger partial charge in [-0.3, -0.25) is 0 Å². The summed E-state index contributed by atoms with van der Waals surface area (Å²) in [5.41, 5.74) is 6.79. The van der Waals surface area contributed by atoms with E-state index < -0.39 is 0 Å². The van der Waals surface area contributed by atoms with Gasteiger partial charge in [-0.05, 0) is 24.1 Å². The number of nitrogens with two attached hydrogens (primary N) is 1. The fourth-order valence-electron chi connectivity index (χ4n) is 2.06. The minimum Gasteiger partial charge on any atom is -0.392 e. The molecule has 3 heteroatoms. The van der Waals surface area contributed by atoms with Crippen LogP contribution >= 0.6 is 11.6 Å². The Balaban J connectivity index is 2.63. The summed E-state index contributed by atoms with van der Waals surface area (Å²) >= 11 is 5.95. The average Bonchev–Trinajstić information content (AvgIpc) is 2.30. The van der Waals surface area contributed by atoms with Gasteiger partial charge >= 0.3 is 0 Å². The van der Waals surface area contributed by atoms with Crippen molar-refractivity contribution in [2.75, 3.05) is 6.54 Å². The second-order valence-electron chi connectivity index (χ2n) is 4.46. The molecule has 17 heavy (non-hydrogen) atoms. The molecule has 0 aliphatic carbocycles. The minimum absolute atomic E-state index is 0.00874. The summed E-state index contributed by atoms with van der Waals surface area (Å²) in [6.07, 6.45) is 3.81. The first kappa shape index (κ1) is 14.5. The lowest BCUT2D eigenvalue weighted by molar-refractivity contribution is 0.132. The molecular formula is C14H22ClNO. The molecule has 0 amide bonds. The number of hydrogen-bond acceptors (Lipinski definition) is 2. The maximum absolute atomic E-state index is 10.2. The van der Waals surface area contributed by atoms with Crippen LogP contribution in [0.25, 0.3) is 0 Å². The van der Waals surface area contributed by atoms with Crippen molar-refractivity contribution in [3.63, 3.8) is 0 Å². The summed E-state index contributed by atoms with van der Waals surface area (Å²) in [7, 11) is 0. The minimum atomic E-state index is -0.370. The van der Waals surface area contributed by atoms with Gasteiger partial charge in [-0.1, -0.05) is 49.9 Å². The molecule has 0 fully saturated rings. The fourth-order valence-corrected chi connectivity index (χ4v) is 2.26. The number of unbranched alkanes of at least 4 members (excludes halogenated alkanes) is 2. The zero-order valence-corrected chi connectivity index (χ0v) is 11.2. The first-order chi connectivity index (χ1) is 8.19. The average molecular weight is 256 g/mol. The molecule has 0 aromatic heterocycles. The molecule has 1 aromatic rings. The van der Waals surface area contributed by atoms with Gasteiger partial charge < -0.3 is 10.8 Å². The van der Waals surface area contributed by atoms with Crippen LogP contribution in [0, 0.1) is 0 Å². The van der Waals surface area contributed by atoms with Crippen LogP contribution in [0.3, 0.4) is 0 Å². The van der Waals surface area contributed by atoms with E-state index in [2.05, 4.69) is 6.92 Å². The number of aliphatic hydroxyl groups is 1. The van der Waals surface area contributed by atoms with Crippen molar-refractivity contribution in [1.29, 1.82) is 0 Å². The maximum atomic E-state index is 10.2. The quantitative estimate of drug-likeness (QED) is 0.735. The van der Waals surface area contributed by atoms with Crippen molar-refractivity contribution in [2.24, 2.45) is 5.73 Å². The summed E-state index contributed by atoms with van der Waals surface area (Å²) in [5, 5.41) is 10.9. The second-order valence-corrected chi connectivity index (χ2v) is 4.90. The van der Waals surface area contributed by atoms with E-state index in [0.717, 1.165) is 31.2 Å². The van der Waals surface area contributed by atoms with Crippen molar-refractivity contribution < 1.29 is 5.11 Å². The van der Waals surface area contributed by atoms with Crippen LogP contribution in [0.5, 0.6) is 0 Å². The zero-order valence-electron chi connectivity index (χ0n) is 10.4. The second kappa shape index (κ2) is 7.70. The highest BCUT2D eigenvalue weighted by Crippen LogP contribution is 2.24. The fraction of sp³-hybridized carbons (Fsp3) is 0.571. The third kappa shape index (κ3) is 4.66. The van der Waals surface area contributed by atoms with E-state index in [0.29, 0.717) is 11.6 Å². The van der Waals surface area contributed by atoms with Gasteiger partial charge in [-0.2, -0.15) is 0 Å². The monoisotopic (exact) mass is 255 g/mol. The molecule has 2 atom stereocenters. The summed E-state index contributed by atoms with van der Waals surface area (Å²) in [6.45, 7) is 2.61. The summed E-state index contributed by atoms with van der Waals surface area (Å²) in [6, 6.07) is 7.61. The van der Waals surface area contributed by atoms with Crippen LogP contribution in [-0.4, -0.2) is 17.8 Å². The van der Waals surface area contributed by atoms with Gasteiger partial charge in [0.15, 0.2) is 0 Å². The molecule has 1 rings (SSSR count). The van der Waals surface area contributed by atoms with Gasteiger partial charge in [0.2, 0.25) is 0 Å². The molecule has 0 spiro atoms. The number of halogens is 1. The number of benzene rings is 1. The molecule has 96 valence electrons. The van der Waals surface area contributed by atoms with Crippen molar-refractivity contribution in [1.82, 2.24) is 0 Å². The summed E-state index contributed by atoms with van der Waals surface area (Å²) < 4.78 is 0. The van der Waals surface area contributed by atoms with E-state index in [1.807, 2.05) is 24.3 Å². The van der Waals surface area contributed by atoms with Crippen LogP contribution in [0.1, 0.15) is 44.1 Å². The Kier molecular flexibility index (Phi) is 6.56. The Morgan fingerprint density at radius 3 is 2.71 bits per heavy atom. The molecule has 0 saturated heterocycles. The number of hydrogen-bond donors (Lipinski definition) is 2. The first-order valence-corrected chi connectivity index (χ1v) is 6.70. The van der Waals surface area contributed by atoms with E-state index in [1.54, 1.807) is 0 Å². The van der Waals surface area contributed by atoms with Crippen molar-refractivity contribution in [3.05, 3.63) is 34.9 Å². The number of aliphatic hydroxyl groups excluding tert-OH is 1. The van der Waals surface area contributed by atoms with Gasteiger partial charge in [0.1, 0.15) is 0 Å². The Hall–Kier alpha value is -0.570. The Morgan fingerprint density at radius 1 is 1.35 bits per heavy atom. The smallest absolute Gasteiger partial charge is 0.0620 e. The Bertz CT molecular complexity index is 330. The number of rotatable bonds is 7. The van der Waals surface area contributed by atoms with E-state index in [-0.39, 0.29) is 12.0 Å². The van der Waals surface area contributed by atoms with Crippen molar-refractivity contribution in [2.45, 2.75) is 44.6 Å². The third-order valence-corrected chi connectivity index (χ3v) is 3.33. The molecule has 0 aliphatic heterocycles. The van der Waals surface area contributed by atoms with Gasteiger partial charge in [0.25, 0.3) is 0 Å². The molecular weight excluding hydrogens is 234 g/mol. The summed E-state index contributed by atoms with van der Waals surface area (Å²) in [4.78, 5) is 0. The highest BCUT2D eigenvalue weighted by atomic mass is 35.5. The lowest BCUT2D eigenvalue weighted by Crippen LogP contribution is -2.25. The largest absolute Gasteiger partial charge is 0.392 e. The van der Waals surface area contributed by atoms with Crippen LogP contribution in [0.15, 0.2) is 24.3 Å². The van der Waals surface area contributed by atoms with Crippen LogP contribution in [-0.2, 0) is 0 Å². The lowest BCUT2D eigenvalue weighted by Gasteiger charge is -2.22. The van der Waals surface area contributed by atoms with Crippen LogP contribution < -0.4 is 5.73 Å². The Morgan fingerprint density at radius 2 is 2.12 bits per heavy atom. The molecule has 2 nitrogen and oxygen atoms in total. The molecule has 3 N–H and O–H groups in total. The standard InChI is InChI=1S/C14H22ClNO/c1-2-3-4-8-14(17)13(10-16)11-6-5-7-12(15)9-11/h5-7,9,13-14,17H,2-4,8,10,16H2,1H3. The van der Waals surface area contributed by atoms with E-state index in [9.17, 15) is 5.11 Å². The summed E-state index contributed by atoms with van der Waals surface area (Å²) in [5.74, 6) is -0.00874.